The fourth-order valence-corrected chi connectivity index (χ4v) is 1.89. The van der Waals surface area contributed by atoms with Crippen molar-refractivity contribution in [1.29, 1.82) is 0 Å². The maximum atomic E-state index is 5.99. The van der Waals surface area contributed by atoms with Crippen molar-refractivity contribution in [2.24, 2.45) is 0 Å². The van der Waals surface area contributed by atoms with Crippen molar-refractivity contribution in [1.82, 2.24) is 9.97 Å². The third-order valence-electron chi connectivity index (χ3n) is 3.32. The topological polar surface area (TPSA) is 51.8 Å². The molecule has 0 fully saturated rings. The van der Waals surface area contributed by atoms with Gasteiger partial charge in [-0.2, -0.15) is 0 Å². The number of hydrogen-bond donors (Lipinski definition) is 1. The van der Waals surface area contributed by atoms with Crippen molar-refractivity contribution in [2.45, 2.75) is 39.5 Å². The van der Waals surface area contributed by atoms with E-state index in [-0.39, 0.29) is 0 Å². The SMILES string of the molecule is CCc1cc2ncc(C(C)CC)nc2cc1N. The molecule has 0 aliphatic rings. The van der Waals surface area contributed by atoms with E-state index in [1.54, 1.807) is 0 Å². The molecular formula is C14H19N3. The van der Waals surface area contributed by atoms with E-state index in [1.807, 2.05) is 18.3 Å². The summed E-state index contributed by atoms with van der Waals surface area (Å²) in [6.45, 7) is 6.42. The lowest BCUT2D eigenvalue weighted by molar-refractivity contribution is 0.707. The van der Waals surface area contributed by atoms with Crippen LogP contribution in [-0.2, 0) is 6.42 Å². The summed E-state index contributed by atoms with van der Waals surface area (Å²) in [5.41, 5.74) is 10.8. The van der Waals surface area contributed by atoms with Crippen LogP contribution in [0.2, 0.25) is 0 Å². The van der Waals surface area contributed by atoms with Gasteiger partial charge in [0.15, 0.2) is 0 Å². The molecule has 0 bridgehead atoms. The zero-order valence-electron chi connectivity index (χ0n) is 10.7. The van der Waals surface area contributed by atoms with E-state index < -0.39 is 0 Å². The van der Waals surface area contributed by atoms with E-state index in [0.29, 0.717) is 5.92 Å². The Kier molecular flexibility index (Phi) is 3.27. The van der Waals surface area contributed by atoms with Gasteiger partial charge < -0.3 is 5.73 Å². The number of anilines is 1. The Balaban J connectivity index is 2.55. The molecule has 0 radical (unpaired) electrons. The van der Waals surface area contributed by atoms with Crippen LogP contribution in [0.15, 0.2) is 18.3 Å². The number of nitrogen functional groups attached to an aromatic ring is 1. The van der Waals surface area contributed by atoms with Crippen molar-refractivity contribution >= 4 is 16.7 Å². The number of rotatable bonds is 3. The molecule has 2 N–H and O–H groups in total. The molecule has 0 saturated carbocycles. The van der Waals surface area contributed by atoms with Gasteiger partial charge in [-0.3, -0.25) is 4.98 Å². The van der Waals surface area contributed by atoms with Crippen LogP contribution in [0.3, 0.4) is 0 Å². The number of aryl methyl sites for hydroxylation is 1. The highest BCUT2D eigenvalue weighted by molar-refractivity contribution is 5.80. The smallest absolute Gasteiger partial charge is 0.0910 e. The first-order valence-electron chi connectivity index (χ1n) is 6.20. The van der Waals surface area contributed by atoms with E-state index >= 15 is 0 Å². The summed E-state index contributed by atoms with van der Waals surface area (Å²) in [7, 11) is 0. The highest BCUT2D eigenvalue weighted by Crippen LogP contribution is 2.22. The van der Waals surface area contributed by atoms with E-state index in [9.17, 15) is 0 Å². The largest absolute Gasteiger partial charge is 0.398 e. The van der Waals surface area contributed by atoms with Gasteiger partial charge in [-0.15, -0.1) is 0 Å². The van der Waals surface area contributed by atoms with Gasteiger partial charge in [0.05, 0.1) is 16.7 Å². The number of nitrogens with two attached hydrogens (primary N) is 1. The fraction of sp³-hybridized carbons (Fsp3) is 0.429. The molecule has 0 aliphatic heterocycles. The monoisotopic (exact) mass is 229 g/mol. The van der Waals surface area contributed by atoms with Crippen molar-refractivity contribution in [3.63, 3.8) is 0 Å². The van der Waals surface area contributed by atoms with Crippen LogP contribution in [0.5, 0.6) is 0 Å². The lowest BCUT2D eigenvalue weighted by Crippen LogP contribution is -2.00. The normalized spacial score (nSPS) is 12.9. The second-order valence-electron chi connectivity index (χ2n) is 4.50. The summed E-state index contributed by atoms with van der Waals surface area (Å²) in [6.07, 6.45) is 3.88. The highest BCUT2D eigenvalue weighted by Gasteiger charge is 2.08. The third-order valence-corrected chi connectivity index (χ3v) is 3.32. The molecule has 1 atom stereocenters. The maximum absolute atomic E-state index is 5.99. The predicted octanol–water partition coefficient (Wildman–Crippen LogP) is 3.29. The Morgan fingerprint density at radius 3 is 2.65 bits per heavy atom. The number of aromatic nitrogens is 2. The average molecular weight is 229 g/mol. The number of benzene rings is 1. The number of hydrogen-bond acceptors (Lipinski definition) is 3. The van der Waals surface area contributed by atoms with Crippen LogP contribution in [-0.4, -0.2) is 9.97 Å². The minimum Gasteiger partial charge on any atom is -0.398 e. The summed E-state index contributed by atoms with van der Waals surface area (Å²) in [5, 5.41) is 0. The van der Waals surface area contributed by atoms with Crippen LogP contribution >= 0.6 is 0 Å². The van der Waals surface area contributed by atoms with E-state index in [2.05, 4.69) is 30.7 Å². The molecule has 0 spiro atoms. The summed E-state index contributed by atoms with van der Waals surface area (Å²) in [5.74, 6) is 0.443. The Morgan fingerprint density at radius 1 is 1.24 bits per heavy atom. The lowest BCUT2D eigenvalue weighted by atomic mass is 10.0. The van der Waals surface area contributed by atoms with Crippen LogP contribution in [0, 0.1) is 0 Å². The molecule has 1 aromatic heterocycles. The van der Waals surface area contributed by atoms with Gasteiger partial charge in [-0.25, -0.2) is 4.98 Å². The van der Waals surface area contributed by atoms with Crippen LogP contribution in [0.25, 0.3) is 11.0 Å². The predicted molar refractivity (Wildman–Crippen MR) is 72.0 cm³/mol. The summed E-state index contributed by atoms with van der Waals surface area (Å²) in [6, 6.07) is 3.98. The van der Waals surface area contributed by atoms with Crippen molar-refractivity contribution < 1.29 is 0 Å². The van der Waals surface area contributed by atoms with Crippen molar-refractivity contribution in [2.75, 3.05) is 5.73 Å². The third kappa shape index (κ3) is 2.23. The number of nitrogens with zero attached hydrogens (tertiary/aromatic N) is 2. The second kappa shape index (κ2) is 4.70. The van der Waals surface area contributed by atoms with Crippen molar-refractivity contribution in [3.05, 3.63) is 29.6 Å². The van der Waals surface area contributed by atoms with Crippen LogP contribution < -0.4 is 5.73 Å². The Morgan fingerprint density at radius 2 is 2.00 bits per heavy atom. The Labute approximate surface area is 102 Å². The van der Waals surface area contributed by atoms with Crippen molar-refractivity contribution in [3.8, 4) is 0 Å². The Bertz CT molecular complexity index is 534. The molecule has 90 valence electrons. The minimum absolute atomic E-state index is 0.443. The van der Waals surface area contributed by atoms with E-state index in [0.717, 1.165) is 40.8 Å². The van der Waals surface area contributed by atoms with Crippen LogP contribution in [0.4, 0.5) is 5.69 Å². The molecule has 17 heavy (non-hydrogen) atoms. The summed E-state index contributed by atoms with van der Waals surface area (Å²) >= 11 is 0. The number of fused-ring (bicyclic) bond motifs is 1. The first-order chi connectivity index (χ1) is 8.15. The van der Waals surface area contributed by atoms with Gasteiger partial charge in [-0.05, 0) is 36.5 Å². The van der Waals surface area contributed by atoms with Gasteiger partial charge in [0.25, 0.3) is 0 Å². The van der Waals surface area contributed by atoms with Gasteiger partial charge in [0.2, 0.25) is 0 Å². The molecule has 1 aromatic carbocycles. The molecule has 3 heteroatoms. The molecule has 0 amide bonds. The van der Waals surface area contributed by atoms with Gasteiger partial charge >= 0.3 is 0 Å². The molecule has 3 nitrogen and oxygen atoms in total. The van der Waals surface area contributed by atoms with Gasteiger partial charge in [-0.1, -0.05) is 20.8 Å². The molecule has 1 unspecified atom stereocenters. The zero-order chi connectivity index (χ0) is 12.4. The molecule has 0 aliphatic carbocycles. The van der Waals surface area contributed by atoms with E-state index in [4.69, 9.17) is 5.73 Å². The Hall–Kier alpha value is -1.64. The molecule has 1 heterocycles. The molecular weight excluding hydrogens is 210 g/mol. The van der Waals surface area contributed by atoms with E-state index in [1.165, 1.54) is 0 Å². The molecule has 0 saturated heterocycles. The fourth-order valence-electron chi connectivity index (χ4n) is 1.89. The zero-order valence-corrected chi connectivity index (χ0v) is 10.7. The average Bonchev–Trinajstić information content (AvgIpc) is 2.36. The first-order valence-corrected chi connectivity index (χ1v) is 6.20. The first kappa shape index (κ1) is 11.8. The molecule has 2 aromatic rings. The highest BCUT2D eigenvalue weighted by atomic mass is 14.8. The maximum Gasteiger partial charge on any atom is 0.0910 e. The summed E-state index contributed by atoms with van der Waals surface area (Å²) < 4.78 is 0. The lowest BCUT2D eigenvalue weighted by Gasteiger charge is -2.10. The minimum atomic E-state index is 0.443. The van der Waals surface area contributed by atoms with Crippen LogP contribution in [0.1, 0.15) is 44.4 Å². The van der Waals surface area contributed by atoms with Gasteiger partial charge in [0.1, 0.15) is 0 Å². The standard InChI is InChI=1S/C14H19N3/c1-4-9(3)14-8-16-12-6-10(5-2)11(15)7-13(12)17-14/h6-9H,4-5,15H2,1-3H3. The summed E-state index contributed by atoms with van der Waals surface area (Å²) in [4.78, 5) is 9.12. The molecule has 2 rings (SSSR count). The van der Waals surface area contributed by atoms with Gasteiger partial charge in [0, 0.05) is 11.9 Å². The quantitative estimate of drug-likeness (QED) is 0.822. The second-order valence-corrected chi connectivity index (χ2v) is 4.50.